The molecule has 0 aliphatic carbocycles. The van der Waals surface area contributed by atoms with Gasteiger partial charge in [0.2, 0.25) is 5.91 Å². The monoisotopic (exact) mass is 256 g/mol. The molecule has 3 N–H and O–H groups in total. The minimum absolute atomic E-state index is 0.188. The Morgan fingerprint density at radius 3 is 2.78 bits per heavy atom. The molecule has 1 heterocycles. The first-order valence-corrected chi connectivity index (χ1v) is 7.28. The third-order valence-electron chi connectivity index (χ3n) is 4.12. The van der Waals surface area contributed by atoms with E-state index in [9.17, 15) is 4.79 Å². The summed E-state index contributed by atoms with van der Waals surface area (Å²) in [6, 6.07) is 0. The average Bonchev–Trinajstić information content (AvgIpc) is 2.84. The van der Waals surface area contributed by atoms with Gasteiger partial charge in [0.25, 0.3) is 0 Å². The molecule has 2 atom stereocenters. The van der Waals surface area contributed by atoms with Gasteiger partial charge in [-0.2, -0.15) is 0 Å². The molecule has 1 saturated heterocycles. The molecule has 0 bridgehead atoms. The van der Waals surface area contributed by atoms with Crippen LogP contribution in [0.3, 0.4) is 0 Å². The highest BCUT2D eigenvalue weighted by Crippen LogP contribution is 2.31. The summed E-state index contributed by atoms with van der Waals surface area (Å²) in [5.74, 6) is 0.595. The lowest BCUT2D eigenvalue weighted by molar-refractivity contribution is -0.130. The van der Waals surface area contributed by atoms with E-state index >= 15 is 0 Å². The van der Waals surface area contributed by atoms with Crippen LogP contribution >= 0.6 is 0 Å². The lowest BCUT2D eigenvalue weighted by Crippen LogP contribution is -2.44. The summed E-state index contributed by atoms with van der Waals surface area (Å²) in [5, 5.41) is 15.4. The molecule has 1 aliphatic heterocycles. The van der Waals surface area contributed by atoms with Gasteiger partial charge < -0.3 is 15.7 Å². The van der Waals surface area contributed by atoms with E-state index in [2.05, 4.69) is 24.5 Å². The van der Waals surface area contributed by atoms with E-state index in [1.54, 1.807) is 0 Å². The Labute approximate surface area is 111 Å². The molecule has 0 aromatic carbocycles. The maximum Gasteiger partial charge on any atom is 0.227 e. The van der Waals surface area contributed by atoms with Crippen LogP contribution in [0.5, 0.6) is 0 Å². The molecular formula is C14H28N2O2. The summed E-state index contributed by atoms with van der Waals surface area (Å²) >= 11 is 0. The second-order valence-corrected chi connectivity index (χ2v) is 5.45. The summed E-state index contributed by atoms with van der Waals surface area (Å²) in [5.41, 5.74) is -0.188. The molecule has 0 aromatic rings. The molecular weight excluding hydrogens is 228 g/mol. The minimum Gasteiger partial charge on any atom is -0.396 e. The summed E-state index contributed by atoms with van der Waals surface area (Å²) < 4.78 is 0. The number of hydrogen-bond donors (Lipinski definition) is 3. The minimum atomic E-state index is -0.188. The normalized spacial score (nSPS) is 25.1. The molecule has 1 fully saturated rings. The van der Waals surface area contributed by atoms with Crippen LogP contribution in [0, 0.1) is 11.3 Å². The van der Waals surface area contributed by atoms with E-state index in [-0.39, 0.29) is 17.9 Å². The number of hydrogen-bond acceptors (Lipinski definition) is 3. The summed E-state index contributed by atoms with van der Waals surface area (Å²) in [4.78, 5) is 12.4. The van der Waals surface area contributed by atoms with Crippen molar-refractivity contribution in [2.24, 2.45) is 11.3 Å². The third kappa shape index (κ3) is 3.95. The largest absolute Gasteiger partial charge is 0.396 e. The zero-order chi connectivity index (χ0) is 13.4. The molecule has 106 valence electrons. The topological polar surface area (TPSA) is 61.4 Å². The first kappa shape index (κ1) is 15.4. The molecule has 4 nitrogen and oxygen atoms in total. The number of carbonyl (C=O) groups is 1. The predicted molar refractivity (Wildman–Crippen MR) is 73.3 cm³/mol. The second kappa shape index (κ2) is 7.74. The van der Waals surface area contributed by atoms with Crippen molar-refractivity contribution in [1.82, 2.24) is 10.6 Å². The van der Waals surface area contributed by atoms with Crippen LogP contribution in [-0.4, -0.2) is 37.3 Å². The zero-order valence-electron chi connectivity index (χ0n) is 11.8. The maximum atomic E-state index is 12.4. The van der Waals surface area contributed by atoms with Gasteiger partial charge in [0.05, 0.1) is 5.41 Å². The predicted octanol–water partition coefficient (Wildman–Crippen LogP) is 1.29. The number of aliphatic hydroxyl groups is 1. The van der Waals surface area contributed by atoms with Crippen LogP contribution in [0.15, 0.2) is 0 Å². The molecule has 1 amide bonds. The summed E-state index contributed by atoms with van der Waals surface area (Å²) in [7, 11) is 0. The van der Waals surface area contributed by atoms with Crippen LogP contribution in [0.2, 0.25) is 0 Å². The van der Waals surface area contributed by atoms with Crippen molar-refractivity contribution < 1.29 is 9.90 Å². The highest BCUT2D eigenvalue weighted by atomic mass is 16.3. The summed E-state index contributed by atoms with van der Waals surface area (Å²) in [6.07, 6.45) is 4.73. The standard InChI is InChI=1S/C14H28N2O2/c1-3-6-14(7-8-15-11-14)13(18)16-10-12(4-2)5-9-17/h12,15,17H,3-11H2,1-2H3,(H,16,18). The van der Waals surface area contributed by atoms with Gasteiger partial charge in [0.1, 0.15) is 0 Å². The fraction of sp³-hybridized carbons (Fsp3) is 0.929. The Kier molecular flexibility index (Phi) is 6.65. The van der Waals surface area contributed by atoms with Gasteiger partial charge in [-0.25, -0.2) is 0 Å². The van der Waals surface area contributed by atoms with Crippen LogP contribution < -0.4 is 10.6 Å². The van der Waals surface area contributed by atoms with Crippen molar-refractivity contribution in [2.75, 3.05) is 26.2 Å². The number of aliphatic hydroxyl groups excluding tert-OH is 1. The SMILES string of the molecule is CCCC1(C(=O)NCC(CC)CCO)CCNC1. The highest BCUT2D eigenvalue weighted by Gasteiger charge is 2.40. The van der Waals surface area contributed by atoms with E-state index in [4.69, 9.17) is 5.11 Å². The maximum absolute atomic E-state index is 12.4. The third-order valence-corrected chi connectivity index (χ3v) is 4.12. The molecule has 0 spiro atoms. The Bertz CT molecular complexity index is 250. The number of carbonyl (C=O) groups excluding carboxylic acids is 1. The fourth-order valence-corrected chi connectivity index (χ4v) is 2.80. The van der Waals surface area contributed by atoms with Gasteiger partial charge in [-0.15, -0.1) is 0 Å². The van der Waals surface area contributed by atoms with Crippen LogP contribution in [0.1, 0.15) is 46.0 Å². The Hall–Kier alpha value is -0.610. The van der Waals surface area contributed by atoms with Crippen LogP contribution in [-0.2, 0) is 4.79 Å². The number of nitrogens with one attached hydrogen (secondary N) is 2. The quantitative estimate of drug-likeness (QED) is 0.613. The van der Waals surface area contributed by atoms with Gasteiger partial charge in [-0.3, -0.25) is 4.79 Å². The second-order valence-electron chi connectivity index (χ2n) is 5.45. The summed E-state index contributed by atoms with van der Waals surface area (Å²) in [6.45, 7) is 6.89. The Balaban J connectivity index is 2.46. The average molecular weight is 256 g/mol. The molecule has 18 heavy (non-hydrogen) atoms. The molecule has 0 radical (unpaired) electrons. The Morgan fingerprint density at radius 2 is 2.28 bits per heavy atom. The van der Waals surface area contributed by atoms with E-state index < -0.39 is 0 Å². The van der Waals surface area contributed by atoms with Gasteiger partial charge in [0, 0.05) is 19.7 Å². The van der Waals surface area contributed by atoms with E-state index in [1.807, 2.05) is 0 Å². The molecule has 0 saturated carbocycles. The van der Waals surface area contributed by atoms with Crippen molar-refractivity contribution in [3.63, 3.8) is 0 Å². The molecule has 1 rings (SSSR count). The number of rotatable bonds is 8. The highest BCUT2D eigenvalue weighted by molar-refractivity contribution is 5.83. The van der Waals surface area contributed by atoms with Gasteiger partial charge >= 0.3 is 0 Å². The van der Waals surface area contributed by atoms with Crippen molar-refractivity contribution in [2.45, 2.75) is 46.0 Å². The smallest absolute Gasteiger partial charge is 0.227 e. The molecule has 4 heteroatoms. The molecule has 2 unspecified atom stereocenters. The van der Waals surface area contributed by atoms with Crippen molar-refractivity contribution in [3.8, 4) is 0 Å². The van der Waals surface area contributed by atoms with Gasteiger partial charge in [-0.1, -0.05) is 26.7 Å². The van der Waals surface area contributed by atoms with Crippen LogP contribution in [0.4, 0.5) is 0 Å². The van der Waals surface area contributed by atoms with E-state index in [0.717, 1.165) is 45.2 Å². The fourth-order valence-electron chi connectivity index (χ4n) is 2.80. The van der Waals surface area contributed by atoms with Gasteiger partial charge in [-0.05, 0) is 31.7 Å². The number of amides is 1. The zero-order valence-corrected chi connectivity index (χ0v) is 11.8. The lowest BCUT2D eigenvalue weighted by atomic mass is 9.81. The lowest BCUT2D eigenvalue weighted by Gasteiger charge is -2.27. The van der Waals surface area contributed by atoms with Crippen molar-refractivity contribution in [3.05, 3.63) is 0 Å². The molecule has 1 aliphatic rings. The van der Waals surface area contributed by atoms with Crippen LogP contribution in [0.25, 0.3) is 0 Å². The van der Waals surface area contributed by atoms with Gasteiger partial charge in [0.15, 0.2) is 0 Å². The van der Waals surface area contributed by atoms with E-state index in [0.29, 0.717) is 12.5 Å². The van der Waals surface area contributed by atoms with Crippen molar-refractivity contribution >= 4 is 5.91 Å². The Morgan fingerprint density at radius 1 is 1.50 bits per heavy atom. The first-order chi connectivity index (χ1) is 8.68. The van der Waals surface area contributed by atoms with E-state index in [1.165, 1.54) is 0 Å². The van der Waals surface area contributed by atoms with Crippen molar-refractivity contribution in [1.29, 1.82) is 0 Å². The molecule has 0 aromatic heterocycles. The first-order valence-electron chi connectivity index (χ1n) is 7.28.